The van der Waals surface area contributed by atoms with Gasteiger partial charge in [0.2, 0.25) is 0 Å². The van der Waals surface area contributed by atoms with E-state index in [1.54, 1.807) is 16.7 Å². The molecule has 34 heavy (non-hydrogen) atoms. The summed E-state index contributed by atoms with van der Waals surface area (Å²) in [7, 11) is 0. The highest BCUT2D eigenvalue weighted by atomic mass is 35.5. The summed E-state index contributed by atoms with van der Waals surface area (Å²) < 4.78 is 40.4. The molecule has 1 fully saturated rings. The molecule has 1 saturated heterocycles. The van der Waals surface area contributed by atoms with Crippen molar-refractivity contribution in [3.05, 3.63) is 80.6 Å². The molecule has 8 nitrogen and oxygen atoms in total. The standard InChI is InChI=1S/C22H19ClF3N5O3/c1-14-19(20(23)30(27-14)16-5-3-2-4-6-16)21(32)29-11-9-28(10-12-29)17-8-7-15(22(24,25)26)13-18(17)31(33)34/h2-8,13H,9-12H2,1H3. The number of amides is 1. The summed E-state index contributed by atoms with van der Waals surface area (Å²) >= 11 is 6.49. The van der Waals surface area contributed by atoms with Gasteiger partial charge in [-0.05, 0) is 31.2 Å². The molecule has 178 valence electrons. The van der Waals surface area contributed by atoms with Gasteiger partial charge in [0, 0.05) is 32.2 Å². The number of alkyl halides is 3. The molecule has 2 aromatic carbocycles. The van der Waals surface area contributed by atoms with Crippen molar-refractivity contribution >= 4 is 28.9 Å². The van der Waals surface area contributed by atoms with E-state index in [-0.39, 0.29) is 48.5 Å². The van der Waals surface area contributed by atoms with E-state index >= 15 is 0 Å². The summed E-state index contributed by atoms with van der Waals surface area (Å²) in [5.41, 5.74) is -0.209. The number of piperazine rings is 1. The number of rotatable bonds is 4. The van der Waals surface area contributed by atoms with Crippen LogP contribution < -0.4 is 4.90 Å². The van der Waals surface area contributed by atoms with Crippen LogP contribution in [0.15, 0.2) is 48.5 Å². The predicted molar refractivity (Wildman–Crippen MR) is 120 cm³/mol. The van der Waals surface area contributed by atoms with E-state index in [2.05, 4.69) is 5.10 Å². The largest absolute Gasteiger partial charge is 0.416 e. The second kappa shape index (κ2) is 8.98. The number of carbonyl (C=O) groups is 1. The van der Waals surface area contributed by atoms with Gasteiger partial charge >= 0.3 is 6.18 Å². The molecule has 1 aromatic heterocycles. The molecular weight excluding hydrogens is 475 g/mol. The fourth-order valence-electron chi connectivity index (χ4n) is 3.90. The number of halogens is 4. The lowest BCUT2D eigenvalue weighted by Gasteiger charge is -2.35. The Bertz CT molecular complexity index is 1240. The van der Waals surface area contributed by atoms with Gasteiger partial charge in [0.25, 0.3) is 11.6 Å². The molecule has 0 radical (unpaired) electrons. The number of carbonyl (C=O) groups excluding carboxylic acids is 1. The first kappa shape index (κ1) is 23.6. The zero-order valence-electron chi connectivity index (χ0n) is 17.9. The van der Waals surface area contributed by atoms with E-state index in [9.17, 15) is 28.1 Å². The van der Waals surface area contributed by atoms with Gasteiger partial charge < -0.3 is 9.80 Å². The van der Waals surface area contributed by atoms with Crippen LogP contribution in [0.25, 0.3) is 5.69 Å². The van der Waals surface area contributed by atoms with Crippen LogP contribution in [0.1, 0.15) is 21.6 Å². The van der Waals surface area contributed by atoms with Crippen LogP contribution >= 0.6 is 11.6 Å². The molecule has 0 bridgehead atoms. The number of benzene rings is 2. The molecule has 0 spiro atoms. The molecule has 0 saturated carbocycles. The Morgan fingerprint density at radius 1 is 1.09 bits per heavy atom. The SMILES string of the molecule is Cc1nn(-c2ccccc2)c(Cl)c1C(=O)N1CCN(c2ccc(C(F)(F)F)cc2[N+](=O)[O-])CC1. The highest BCUT2D eigenvalue weighted by molar-refractivity contribution is 6.33. The molecule has 0 unspecified atom stereocenters. The van der Waals surface area contributed by atoms with Crippen molar-refractivity contribution in [1.82, 2.24) is 14.7 Å². The summed E-state index contributed by atoms with van der Waals surface area (Å²) in [6, 6.07) is 11.6. The zero-order valence-corrected chi connectivity index (χ0v) is 18.7. The van der Waals surface area contributed by atoms with Crippen LogP contribution in [-0.4, -0.2) is 51.7 Å². The third-order valence-electron chi connectivity index (χ3n) is 5.63. The maximum absolute atomic E-state index is 13.2. The van der Waals surface area contributed by atoms with Crippen molar-refractivity contribution in [2.45, 2.75) is 13.1 Å². The Balaban J connectivity index is 1.53. The van der Waals surface area contributed by atoms with Gasteiger partial charge in [-0.1, -0.05) is 29.8 Å². The average molecular weight is 494 g/mol. The van der Waals surface area contributed by atoms with Gasteiger partial charge in [0.1, 0.15) is 10.8 Å². The van der Waals surface area contributed by atoms with Gasteiger partial charge in [-0.3, -0.25) is 14.9 Å². The quantitative estimate of drug-likeness (QED) is 0.388. The first-order valence-electron chi connectivity index (χ1n) is 10.3. The van der Waals surface area contributed by atoms with E-state index in [0.29, 0.717) is 17.4 Å². The van der Waals surface area contributed by atoms with Gasteiger partial charge in [-0.15, -0.1) is 0 Å². The average Bonchev–Trinajstić information content (AvgIpc) is 3.12. The number of nitrogens with zero attached hydrogens (tertiary/aromatic N) is 5. The fourth-order valence-corrected chi connectivity index (χ4v) is 4.26. The van der Waals surface area contributed by atoms with Crippen molar-refractivity contribution in [2.75, 3.05) is 31.1 Å². The van der Waals surface area contributed by atoms with E-state index in [4.69, 9.17) is 11.6 Å². The number of nitro groups is 1. The summed E-state index contributed by atoms with van der Waals surface area (Å²) in [6.07, 6.45) is -4.68. The zero-order chi connectivity index (χ0) is 24.6. The highest BCUT2D eigenvalue weighted by Crippen LogP contribution is 2.37. The first-order valence-corrected chi connectivity index (χ1v) is 10.7. The lowest BCUT2D eigenvalue weighted by molar-refractivity contribution is -0.384. The number of para-hydroxylation sites is 1. The number of anilines is 1. The summed E-state index contributed by atoms with van der Waals surface area (Å²) in [6.45, 7) is 2.52. The van der Waals surface area contributed by atoms with E-state index in [0.717, 1.165) is 12.1 Å². The Hall–Kier alpha value is -3.60. The molecular formula is C22H19ClF3N5O3. The van der Waals surface area contributed by atoms with Crippen molar-refractivity contribution in [2.24, 2.45) is 0 Å². The Morgan fingerprint density at radius 2 is 1.74 bits per heavy atom. The first-order chi connectivity index (χ1) is 16.1. The van der Waals surface area contributed by atoms with Crippen LogP contribution in [0.4, 0.5) is 24.5 Å². The summed E-state index contributed by atoms with van der Waals surface area (Å²) in [5, 5.41) is 16.0. The molecule has 0 atom stereocenters. The van der Waals surface area contributed by atoms with Crippen molar-refractivity contribution in [3.63, 3.8) is 0 Å². The molecule has 3 aromatic rings. The minimum absolute atomic E-state index is 0.0798. The molecule has 1 aliphatic rings. The second-order valence-electron chi connectivity index (χ2n) is 7.74. The van der Waals surface area contributed by atoms with Crippen LogP contribution in [0.3, 0.4) is 0 Å². The minimum atomic E-state index is -4.68. The van der Waals surface area contributed by atoms with Crippen LogP contribution in [0.5, 0.6) is 0 Å². The number of hydrogen-bond acceptors (Lipinski definition) is 5. The maximum atomic E-state index is 13.2. The maximum Gasteiger partial charge on any atom is 0.416 e. The van der Waals surface area contributed by atoms with Crippen molar-refractivity contribution in [3.8, 4) is 5.69 Å². The second-order valence-corrected chi connectivity index (χ2v) is 8.09. The molecule has 0 N–H and O–H groups in total. The van der Waals surface area contributed by atoms with Crippen LogP contribution in [-0.2, 0) is 6.18 Å². The predicted octanol–water partition coefficient (Wildman–Crippen LogP) is 4.72. The van der Waals surface area contributed by atoms with Crippen LogP contribution in [0, 0.1) is 17.0 Å². The number of hydrogen-bond donors (Lipinski definition) is 0. The summed E-state index contributed by atoms with van der Waals surface area (Å²) in [5.74, 6) is -0.328. The van der Waals surface area contributed by atoms with Crippen molar-refractivity contribution in [1.29, 1.82) is 0 Å². The Morgan fingerprint density at radius 3 is 2.32 bits per heavy atom. The van der Waals surface area contributed by atoms with Gasteiger partial charge in [0.05, 0.1) is 27.4 Å². The molecule has 0 aliphatic carbocycles. The van der Waals surface area contributed by atoms with E-state index < -0.39 is 22.4 Å². The highest BCUT2D eigenvalue weighted by Gasteiger charge is 2.35. The lowest BCUT2D eigenvalue weighted by atomic mass is 10.1. The topological polar surface area (TPSA) is 84.5 Å². The monoisotopic (exact) mass is 493 g/mol. The Labute approximate surface area is 197 Å². The smallest absolute Gasteiger partial charge is 0.362 e. The molecule has 1 aliphatic heterocycles. The third-order valence-corrected chi connectivity index (χ3v) is 5.97. The number of aryl methyl sites for hydroxylation is 1. The normalized spacial score (nSPS) is 14.4. The fraction of sp³-hybridized carbons (Fsp3) is 0.273. The van der Waals surface area contributed by atoms with Crippen LogP contribution in [0.2, 0.25) is 5.15 Å². The van der Waals surface area contributed by atoms with Gasteiger partial charge in [-0.25, -0.2) is 4.68 Å². The molecule has 1 amide bonds. The molecule has 12 heteroatoms. The minimum Gasteiger partial charge on any atom is -0.362 e. The van der Waals surface area contributed by atoms with E-state index in [1.165, 1.54) is 4.68 Å². The van der Waals surface area contributed by atoms with Crippen molar-refractivity contribution < 1.29 is 22.9 Å². The number of nitro benzene ring substituents is 1. The summed E-state index contributed by atoms with van der Waals surface area (Å²) in [4.78, 5) is 26.9. The molecule has 2 heterocycles. The molecule has 4 rings (SSSR count). The van der Waals surface area contributed by atoms with E-state index in [1.807, 2.05) is 30.3 Å². The number of aromatic nitrogens is 2. The van der Waals surface area contributed by atoms with Gasteiger partial charge in [-0.2, -0.15) is 18.3 Å². The third kappa shape index (κ3) is 4.43. The lowest BCUT2D eigenvalue weighted by Crippen LogP contribution is -2.49. The Kier molecular flexibility index (Phi) is 6.22. The van der Waals surface area contributed by atoms with Gasteiger partial charge in [0.15, 0.2) is 0 Å².